The summed E-state index contributed by atoms with van der Waals surface area (Å²) in [5.41, 5.74) is 2.67. The average Bonchev–Trinajstić information content (AvgIpc) is 3.13. The van der Waals surface area contributed by atoms with Crippen molar-refractivity contribution in [2.45, 2.75) is 13.8 Å². The summed E-state index contributed by atoms with van der Waals surface area (Å²) in [7, 11) is 3.13. The Bertz CT molecular complexity index is 1500. The molecule has 0 spiro atoms. The first-order valence-corrected chi connectivity index (χ1v) is 9.45. The van der Waals surface area contributed by atoms with Gasteiger partial charge in [0, 0.05) is 32.1 Å². The second kappa shape index (κ2) is 7.24. The Kier molecular flexibility index (Phi) is 4.69. The SMILES string of the molecule is Cc1cccc(-n2[nH]c(C)c(C=Nc3cc4c(cc3[N+](=O)[O-])n(C)c(=O)n4C)c2=O)c1. The number of hydrogen-bond acceptors (Lipinski definition) is 5. The molecule has 4 rings (SSSR count). The summed E-state index contributed by atoms with van der Waals surface area (Å²) in [5, 5.41) is 14.6. The first kappa shape index (κ1) is 20.1. The number of aromatic nitrogens is 4. The third-order valence-electron chi connectivity index (χ3n) is 5.27. The topological polar surface area (TPSA) is 120 Å². The Morgan fingerprint density at radius 3 is 2.39 bits per heavy atom. The largest absolute Gasteiger partial charge is 0.328 e. The molecule has 0 atom stereocenters. The molecule has 0 amide bonds. The molecule has 0 fully saturated rings. The highest BCUT2D eigenvalue weighted by Crippen LogP contribution is 2.31. The molecule has 1 N–H and O–H groups in total. The summed E-state index contributed by atoms with van der Waals surface area (Å²) in [6.45, 7) is 3.66. The van der Waals surface area contributed by atoms with Gasteiger partial charge in [-0.1, -0.05) is 12.1 Å². The molecule has 31 heavy (non-hydrogen) atoms. The zero-order valence-corrected chi connectivity index (χ0v) is 17.4. The number of aryl methyl sites for hydroxylation is 4. The van der Waals surface area contributed by atoms with Crippen LogP contribution in [0.2, 0.25) is 0 Å². The van der Waals surface area contributed by atoms with Gasteiger partial charge in [0.2, 0.25) is 0 Å². The van der Waals surface area contributed by atoms with Gasteiger partial charge in [0.15, 0.2) is 0 Å². The molecule has 0 saturated carbocycles. The molecule has 0 aliphatic heterocycles. The van der Waals surface area contributed by atoms with Gasteiger partial charge < -0.3 is 0 Å². The van der Waals surface area contributed by atoms with E-state index < -0.39 is 4.92 Å². The Morgan fingerprint density at radius 2 is 1.74 bits per heavy atom. The molecule has 0 unspecified atom stereocenters. The van der Waals surface area contributed by atoms with Crippen LogP contribution in [-0.4, -0.2) is 30.1 Å². The van der Waals surface area contributed by atoms with E-state index in [-0.39, 0.29) is 28.2 Å². The molecular formula is C21H20N6O4. The summed E-state index contributed by atoms with van der Waals surface area (Å²) >= 11 is 0. The minimum atomic E-state index is -0.557. The zero-order valence-electron chi connectivity index (χ0n) is 17.4. The van der Waals surface area contributed by atoms with E-state index in [0.29, 0.717) is 22.4 Å². The predicted octanol–water partition coefficient (Wildman–Crippen LogP) is 2.63. The van der Waals surface area contributed by atoms with Crippen LogP contribution < -0.4 is 11.2 Å². The second-order valence-corrected chi connectivity index (χ2v) is 7.38. The number of imidazole rings is 1. The van der Waals surface area contributed by atoms with E-state index in [9.17, 15) is 19.7 Å². The lowest BCUT2D eigenvalue weighted by molar-refractivity contribution is -0.383. The molecular weight excluding hydrogens is 400 g/mol. The molecule has 2 aromatic carbocycles. The van der Waals surface area contributed by atoms with Gasteiger partial charge in [-0.05, 0) is 37.6 Å². The van der Waals surface area contributed by atoms with Crippen LogP contribution in [0.5, 0.6) is 0 Å². The molecule has 2 aromatic heterocycles. The number of nitrogens with one attached hydrogen (secondary N) is 1. The van der Waals surface area contributed by atoms with Crippen molar-refractivity contribution >= 4 is 28.6 Å². The fourth-order valence-electron chi connectivity index (χ4n) is 3.57. The average molecular weight is 420 g/mol. The third kappa shape index (κ3) is 3.27. The van der Waals surface area contributed by atoms with Crippen LogP contribution >= 0.6 is 0 Å². The van der Waals surface area contributed by atoms with Gasteiger partial charge in [0.05, 0.1) is 27.2 Å². The third-order valence-corrected chi connectivity index (χ3v) is 5.27. The maximum atomic E-state index is 12.9. The van der Waals surface area contributed by atoms with Crippen molar-refractivity contribution in [3.63, 3.8) is 0 Å². The predicted molar refractivity (Wildman–Crippen MR) is 118 cm³/mol. The number of H-pyrrole nitrogens is 1. The van der Waals surface area contributed by atoms with E-state index in [1.807, 2.05) is 25.1 Å². The zero-order chi connectivity index (χ0) is 22.4. The Labute approximate surface area is 175 Å². The van der Waals surface area contributed by atoms with E-state index >= 15 is 0 Å². The lowest BCUT2D eigenvalue weighted by atomic mass is 10.2. The maximum absolute atomic E-state index is 12.9. The molecule has 2 heterocycles. The maximum Gasteiger partial charge on any atom is 0.328 e. The van der Waals surface area contributed by atoms with Crippen LogP contribution in [-0.2, 0) is 14.1 Å². The van der Waals surface area contributed by atoms with Gasteiger partial charge in [0.1, 0.15) is 5.69 Å². The van der Waals surface area contributed by atoms with Crippen molar-refractivity contribution < 1.29 is 4.92 Å². The smallest absolute Gasteiger partial charge is 0.295 e. The van der Waals surface area contributed by atoms with E-state index in [0.717, 1.165) is 5.56 Å². The van der Waals surface area contributed by atoms with Crippen LogP contribution in [0.15, 0.2) is 51.0 Å². The standard InChI is InChI=1S/C21H20N6O4/c1-12-6-5-7-14(8-12)26-20(28)15(13(2)23-26)11-22-16-9-18-19(10-17(16)27(30)31)25(4)21(29)24(18)3/h5-11,23H,1-4H3. The van der Waals surface area contributed by atoms with Crippen molar-refractivity contribution in [1.82, 2.24) is 18.9 Å². The van der Waals surface area contributed by atoms with Crippen LogP contribution in [0.1, 0.15) is 16.8 Å². The minimum absolute atomic E-state index is 0.0563. The van der Waals surface area contributed by atoms with Crippen molar-refractivity contribution in [2.24, 2.45) is 19.1 Å². The summed E-state index contributed by atoms with van der Waals surface area (Å²) in [4.78, 5) is 40.4. The Balaban J connectivity index is 1.85. The highest BCUT2D eigenvalue weighted by Gasteiger charge is 2.19. The molecule has 4 aromatic rings. The van der Waals surface area contributed by atoms with Gasteiger partial charge in [0.25, 0.3) is 11.2 Å². The summed E-state index contributed by atoms with van der Waals surface area (Å²) in [6, 6.07) is 10.3. The molecule has 158 valence electrons. The van der Waals surface area contributed by atoms with Crippen molar-refractivity contribution in [3.8, 4) is 5.69 Å². The highest BCUT2D eigenvalue weighted by molar-refractivity contribution is 5.89. The van der Waals surface area contributed by atoms with Crippen LogP contribution in [0, 0.1) is 24.0 Å². The monoisotopic (exact) mass is 420 g/mol. The van der Waals surface area contributed by atoms with Gasteiger partial charge in [-0.15, -0.1) is 0 Å². The van der Waals surface area contributed by atoms with Crippen molar-refractivity contribution in [3.05, 3.63) is 84.2 Å². The number of nitrogens with zero attached hydrogens (tertiary/aromatic N) is 5. The van der Waals surface area contributed by atoms with Crippen LogP contribution in [0.25, 0.3) is 16.7 Å². The van der Waals surface area contributed by atoms with E-state index in [1.165, 1.54) is 32.2 Å². The molecule has 0 saturated heterocycles. The molecule has 0 bridgehead atoms. The first-order chi connectivity index (χ1) is 14.7. The van der Waals surface area contributed by atoms with E-state index in [1.54, 1.807) is 27.1 Å². The van der Waals surface area contributed by atoms with Gasteiger partial charge >= 0.3 is 5.69 Å². The first-order valence-electron chi connectivity index (χ1n) is 9.45. The van der Waals surface area contributed by atoms with Crippen molar-refractivity contribution in [1.29, 1.82) is 0 Å². The van der Waals surface area contributed by atoms with Crippen LogP contribution in [0.3, 0.4) is 0 Å². The normalized spacial score (nSPS) is 11.6. The van der Waals surface area contributed by atoms with E-state index in [2.05, 4.69) is 10.1 Å². The van der Waals surface area contributed by atoms with Crippen LogP contribution in [0.4, 0.5) is 11.4 Å². The number of fused-ring (bicyclic) bond motifs is 1. The molecule has 10 nitrogen and oxygen atoms in total. The summed E-state index contributed by atoms with van der Waals surface area (Å²) in [5.74, 6) is 0. The number of hydrogen-bond donors (Lipinski definition) is 1. The fraction of sp³-hybridized carbons (Fsp3) is 0.190. The molecule has 10 heteroatoms. The number of aliphatic imine (C=N–C) groups is 1. The quantitative estimate of drug-likeness (QED) is 0.310. The van der Waals surface area contributed by atoms with E-state index in [4.69, 9.17) is 0 Å². The van der Waals surface area contributed by atoms with Gasteiger partial charge in [-0.3, -0.25) is 29.1 Å². The van der Waals surface area contributed by atoms with Gasteiger partial charge in [-0.25, -0.2) is 14.5 Å². The minimum Gasteiger partial charge on any atom is -0.295 e. The number of aromatic amines is 1. The number of nitro benzene ring substituents is 1. The fourth-order valence-corrected chi connectivity index (χ4v) is 3.57. The Morgan fingerprint density at radius 1 is 1.06 bits per heavy atom. The number of rotatable bonds is 4. The Hall–Kier alpha value is -4.21. The van der Waals surface area contributed by atoms with Crippen molar-refractivity contribution in [2.75, 3.05) is 0 Å². The second-order valence-electron chi connectivity index (χ2n) is 7.38. The lowest BCUT2D eigenvalue weighted by Crippen LogP contribution is -2.19. The molecule has 0 aliphatic rings. The molecule has 0 radical (unpaired) electrons. The summed E-state index contributed by atoms with van der Waals surface area (Å²) in [6.07, 6.45) is 1.32. The van der Waals surface area contributed by atoms with Gasteiger partial charge in [-0.2, -0.15) is 0 Å². The lowest BCUT2D eigenvalue weighted by Gasteiger charge is -2.02. The highest BCUT2D eigenvalue weighted by atomic mass is 16.6. The number of benzene rings is 2. The molecule has 0 aliphatic carbocycles. The summed E-state index contributed by atoms with van der Waals surface area (Å²) < 4.78 is 4.14. The number of nitro groups is 1.